The number of piperidine rings is 1. The van der Waals surface area contributed by atoms with Crippen molar-refractivity contribution in [1.29, 1.82) is 0 Å². The largest absolute Gasteiger partial charge is 0.422 e. The average molecular weight is 332 g/mol. The molecule has 7 heteroatoms. The molecule has 1 saturated carbocycles. The maximum atomic E-state index is 6.26. The Labute approximate surface area is 138 Å². The number of fused-ring (bicyclic) bond motifs is 1. The summed E-state index contributed by atoms with van der Waals surface area (Å²) in [6.07, 6.45) is 6.71. The summed E-state index contributed by atoms with van der Waals surface area (Å²) in [5, 5.41) is 11.6. The number of nitrogens with zero attached hydrogens (tertiary/aromatic N) is 4. The van der Waals surface area contributed by atoms with Gasteiger partial charge in [0.05, 0.1) is 12.6 Å². The number of rotatable bonds is 4. The molecule has 0 N–H and O–H groups in total. The molecule has 3 atom stereocenters. The first-order valence-electron chi connectivity index (χ1n) is 8.44. The molecular formula is C16H20N4O2S. The van der Waals surface area contributed by atoms with Crippen molar-refractivity contribution in [3.63, 3.8) is 0 Å². The maximum absolute atomic E-state index is 6.26. The average Bonchev–Trinajstić information content (AvgIpc) is 2.99. The van der Waals surface area contributed by atoms with Crippen LogP contribution >= 0.6 is 11.3 Å². The molecule has 23 heavy (non-hydrogen) atoms. The van der Waals surface area contributed by atoms with E-state index in [1.54, 1.807) is 11.3 Å². The third kappa shape index (κ3) is 2.81. The van der Waals surface area contributed by atoms with Crippen LogP contribution < -0.4 is 0 Å². The minimum absolute atomic E-state index is 0.00943. The Morgan fingerprint density at radius 2 is 2.13 bits per heavy atom. The molecule has 4 heterocycles. The Bertz CT molecular complexity index is 669. The van der Waals surface area contributed by atoms with E-state index in [1.807, 2.05) is 11.6 Å². The molecule has 0 unspecified atom stereocenters. The van der Waals surface area contributed by atoms with Gasteiger partial charge in [-0.3, -0.25) is 4.90 Å². The SMILES string of the molecule is c1csc(CN2CC[C@@H]3C[C@@H](c4nnc(C5CC5)o4)O[C@H]3C2)n1. The van der Waals surface area contributed by atoms with Gasteiger partial charge in [-0.25, -0.2) is 4.98 Å². The van der Waals surface area contributed by atoms with Crippen LogP contribution in [0, 0.1) is 5.92 Å². The molecule has 3 aliphatic rings. The summed E-state index contributed by atoms with van der Waals surface area (Å²) in [6, 6.07) is 0. The van der Waals surface area contributed by atoms with E-state index in [-0.39, 0.29) is 12.2 Å². The molecule has 122 valence electrons. The molecule has 2 saturated heterocycles. The first kappa shape index (κ1) is 14.1. The van der Waals surface area contributed by atoms with Crippen LogP contribution in [0.15, 0.2) is 16.0 Å². The van der Waals surface area contributed by atoms with Crippen LogP contribution in [-0.2, 0) is 11.3 Å². The van der Waals surface area contributed by atoms with Gasteiger partial charge in [-0.15, -0.1) is 21.5 Å². The smallest absolute Gasteiger partial charge is 0.245 e. The Morgan fingerprint density at radius 3 is 2.96 bits per heavy atom. The van der Waals surface area contributed by atoms with Gasteiger partial charge in [0.1, 0.15) is 11.1 Å². The summed E-state index contributed by atoms with van der Waals surface area (Å²) in [5.41, 5.74) is 0. The first-order chi connectivity index (χ1) is 11.3. The van der Waals surface area contributed by atoms with Gasteiger partial charge in [0.25, 0.3) is 0 Å². The van der Waals surface area contributed by atoms with Crippen molar-refractivity contribution in [2.24, 2.45) is 5.92 Å². The van der Waals surface area contributed by atoms with Crippen LogP contribution in [0.1, 0.15) is 54.5 Å². The monoisotopic (exact) mass is 332 g/mol. The minimum Gasteiger partial charge on any atom is -0.422 e. The van der Waals surface area contributed by atoms with Crippen molar-refractivity contribution >= 4 is 11.3 Å². The Balaban J connectivity index is 1.23. The lowest BCUT2D eigenvalue weighted by Gasteiger charge is -2.33. The molecule has 2 aromatic rings. The number of ether oxygens (including phenoxy) is 1. The molecular weight excluding hydrogens is 312 g/mol. The van der Waals surface area contributed by atoms with Crippen LogP contribution in [0.2, 0.25) is 0 Å². The van der Waals surface area contributed by atoms with E-state index in [2.05, 4.69) is 20.1 Å². The third-order valence-corrected chi connectivity index (χ3v) is 5.90. The van der Waals surface area contributed by atoms with Gasteiger partial charge < -0.3 is 9.15 Å². The third-order valence-electron chi connectivity index (χ3n) is 5.14. The van der Waals surface area contributed by atoms with E-state index in [0.717, 1.165) is 31.9 Å². The number of hydrogen-bond acceptors (Lipinski definition) is 7. The van der Waals surface area contributed by atoms with Crippen molar-refractivity contribution in [3.05, 3.63) is 28.4 Å². The second-order valence-electron chi connectivity index (χ2n) is 6.86. The van der Waals surface area contributed by atoms with Crippen LogP contribution in [-0.4, -0.2) is 39.3 Å². The second kappa shape index (κ2) is 5.65. The molecule has 2 aliphatic heterocycles. The van der Waals surface area contributed by atoms with Crippen molar-refractivity contribution in [3.8, 4) is 0 Å². The van der Waals surface area contributed by atoms with Gasteiger partial charge in [0.2, 0.25) is 11.8 Å². The van der Waals surface area contributed by atoms with Crippen molar-refractivity contribution < 1.29 is 9.15 Å². The zero-order valence-corrected chi connectivity index (χ0v) is 13.7. The fourth-order valence-electron chi connectivity index (χ4n) is 3.69. The molecule has 6 nitrogen and oxygen atoms in total. The Kier molecular flexibility index (Phi) is 3.45. The quantitative estimate of drug-likeness (QED) is 0.858. The minimum atomic E-state index is -0.00943. The van der Waals surface area contributed by atoms with Crippen LogP contribution in [0.25, 0.3) is 0 Å². The summed E-state index contributed by atoms with van der Waals surface area (Å²) in [6.45, 7) is 3.03. The van der Waals surface area contributed by atoms with Gasteiger partial charge in [0, 0.05) is 24.0 Å². The molecule has 1 aliphatic carbocycles. The first-order valence-corrected chi connectivity index (χ1v) is 9.32. The summed E-state index contributed by atoms with van der Waals surface area (Å²) < 4.78 is 12.1. The highest BCUT2D eigenvalue weighted by molar-refractivity contribution is 7.09. The van der Waals surface area contributed by atoms with E-state index < -0.39 is 0 Å². The molecule has 5 rings (SSSR count). The van der Waals surface area contributed by atoms with Gasteiger partial charge in [-0.2, -0.15) is 0 Å². The van der Waals surface area contributed by atoms with E-state index in [1.165, 1.54) is 24.3 Å². The summed E-state index contributed by atoms with van der Waals surface area (Å²) in [4.78, 5) is 6.84. The highest BCUT2D eigenvalue weighted by Crippen LogP contribution is 2.43. The molecule has 0 bridgehead atoms. The normalized spacial score (nSPS) is 31.4. The Morgan fingerprint density at radius 1 is 1.22 bits per heavy atom. The van der Waals surface area contributed by atoms with E-state index in [9.17, 15) is 0 Å². The molecule has 0 spiro atoms. The molecule has 3 fully saturated rings. The standard InChI is InChI=1S/C16H20N4O2S/c1-2-10(1)15-18-19-16(22-15)12-7-11-3-5-20(8-13(11)21-12)9-14-17-4-6-23-14/h4,6,10-13H,1-3,5,7-9H2/t11-,12+,13+/m1/s1. The molecule has 0 amide bonds. The summed E-state index contributed by atoms with van der Waals surface area (Å²) >= 11 is 1.72. The number of aromatic nitrogens is 3. The lowest BCUT2D eigenvalue weighted by Crippen LogP contribution is -2.41. The fourth-order valence-corrected chi connectivity index (χ4v) is 4.35. The Hall–Kier alpha value is -1.31. The van der Waals surface area contributed by atoms with Gasteiger partial charge in [-0.05, 0) is 38.1 Å². The lowest BCUT2D eigenvalue weighted by molar-refractivity contribution is -0.0177. The fraction of sp³-hybridized carbons (Fsp3) is 0.688. The zero-order chi connectivity index (χ0) is 15.2. The molecule has 0 aromatic carbocycles. The molecule has 2 aromatic heterocycles. The van der Waals surface area contributed by atoms with Crippen LogP contribution in [0.5, 0.6) is 0 Å². The summed E-state index contributed by atoms with van der Waals surface area (Å²) in [7, 11) is 0. The van der Waals surface area contributed by atoms with Gasteiger partial charge in [-0.1, -0.05) is 0 Å². The highest BCUT2D eigenvalue weighted by atomic mass is 32.1. The van der Waals surface area contributed by atoms with Gasteiger partial charge >= 0.3 is 0 Å². The highest BCUT2D eigenvalue weighted by Gasteiger charge is 2.42. The van der Waals surface area contributed by atoms with Crippen molar-refractivity contribution in [1.82, 2.24) is 20.1 Å². The van der Waals surface area contributed by atoms with Crippen LogP contribution in [0.4, 0.5) is 0 Å². The second-order valence-corrected chi connectivity index (χ2v) is 7.84. The predicted octanol–water partition coefficient (Wildman–Crippen LogP) is 2.76. The van der Waals surface area contributed by atoms with Gasteiger partial charge in [0.15, 0.2) is 0 Å². The summed E-state index contributed by atoms with van der Waals surface area (Å²) in [5.74, 6) is 2.62. The van der Waals surface area contributed by atoms with E-state index in [4.69, 9.17) is 9.15 Å². The number of likely N-dealkylation sites (tertiary alicyclic amines) is 1. The van der Waals surface area contributed by atoms with E-state index in [0.29, 0.717) is 17.7 Å². The topological polar surface area (TPSA) is 64.3 Å². The van der Waals surface area contributed by atoms with Crippen molar-refractivity contribution in [2.75, 3.05) is 13.1 Å². The maximum Gasteiger partial charge on any atom is 0.245 e. The molecule has 0 radical (unpaired) electrons. The van der Waals surface area contributed by atoms with Crippen molar-refractivity contribution in [2.45, 2.75) is 50.4 Å². The number of hydrogen-bond donors (Lipinski definition) is 0. The predicted molar refractivity (Wildman–Crippen MR) is 84.0 cm³/mol. The zero-order valence-electron chi connectivity index (χ0n) is 12.9. The number of thiazole rings is 1. The van der Waals surface area contributed by atoms with Crippen LogP contribution in [0.3, 0.4) is 0 Å². The lowest BCUT2D eigenvalue weighted by atomic mass is 9.92. The van der Waals surface area contributed by atoms with E-state index >= 15 is 0 Å².